The van der Waals surface area contributed by atoms with Gasteiger partial charge in [0.25, 0.3) is 0 Å². The molecule has 1 spiro atoms. The Morgan fingerprint density at radius 3 is 1.12 bits per heavy atom. The van der Waals surface area contributed by atoms with Crippen LogP contribution >= 0.6 is 0 Å². The molecule has 0 fully saturated rings. The van der Waals surface area contributed by atoms with Gasteiger partial charge in [0.2, 0.25) is 0 Å². The quantitative estimate of drug-likeness (QED) is 0.667. The molecular formula is C12H8O4Si-. The molecule has 0 aromatic heterocycles. The fourth-order valence-electron chi connectivity index (χ4n) is 1.90. The van der Waals surface area contributed by atoms with Crippen LogP contribution in [0.25, 0.3) is 0 Å². The molecule has 2 aliphatic rings. The van der Waals surface area contributed by atoms with Crippen LogP contribution in [0.15, 0.2) is 48.5 Å². The molecule has 2 heterocycles. The summed E-state index contributed by atoms with van der Waals surface area (Å²) in [7, 11) is -3.08. The van der Waals surface area contributed by atoms with Crippen LogP contribution in [0.1, 0.15) is 0 Å². The first-order valence-corrected chi connectivity index (χ1v) is 6.92. The molecule has 4 nitrogen and oxygen atoms in total. The van der Waals surface area contributed by atoms with Gasteiger partial charge in [-0.05, 0) is 24.3 Å². The summed E-state index contributed by atoms with van der Waals surface area (Å²) >= 11 is 0. The van der Waals surface area contributed by atoms with Crippen molar-refractivity contribution < 1.29 is 17.7 Å². The smallest absolute Gasteiger partial charge is 0.600 e. The molecule has 0 amide bonds. The van der Waals surface area contributed by atoms with Crippen molar-refractivity contribution in [2.45, 2.75) is 0 Å². The molecule has 0 saturated heterocycles. The fourth-order valence-corrected chi connectivity index (χ4v) is 3.90. The first-order valence-electron chi connectivity index (χ1n) is 5.29. The van der Waals surface area contributed by atoms with Crippen molar-refractivity contribution >= 4 is 9.05 Å². The molecule has 0 saturated carbocycles. The summed E-state index contributed by atoms with van der Waals surface area (Å²) < 4.78 is 22.8. The Balaban J connectivity index is 1.72. The highest BCUT2D eigenvalue weighted by atomic mass is 28.4. The largest absolute Gasteiger partial charge is 0.730 e. The summed E-state index contributed by atoms with van der Waals surface area (Å²) in [6.07, 6.45) is 0. The van der Waals surface area contributed by atoms with E-state index in [1.807, 2.05) is 48.5 Å². The van der Waals surface area contributed by atoms with E-state index in [2.05, 4.69) is 0 Å². The molecule has 0 aliphatic carbocycles. The molecule has 2 aromatic rings. The molecule has 85 valence electrons. The molecule has 0 atom stereocenters. The van der Waals surface area contributed by atoms with Gasteiger partial charge in [0.05, 0.1) is 0 Å². The lowest BCUT2D eigenvalue weighted by molar-refractivity contribution is 0.224. The van der Waals surface area contributed by atoms with E-state index in [4.69, 9.17) is 17.7 Å². The van der Waals surface area contributed by atoms with E-state index in [0.717, 1.165) is 0 Å². The zero-order chi connectivity index (χ0) is 11.3. The van der Waals surface area contributed by atoms with Gasteiger partial charge in [-0.25, -0.2) is 0 Å². The maximum absolute atomic E-state index is 5.71. The zero-order valence-electron chi connectivity index (χ0n) is 8.75. The van der Waals surface area contributed by atoms with Gasteiger partial charge < -0.3 is 17.7 Å². The normalized spacial score (nSPS) is 17.4. The van der Waals surface area contributed by atoms with Crippen LogP contribution in [0.4, 0.5) is 0 Å². The first-order chi connectivity index (χ1) is 8.35. The first kappa shape index (κ1) is 8.95. The Kier molecular flexibility index (Phi) is 1.55. The van der Waals surface area contributed by atoms with E-state index >= 15 is 0 Å². The maximum atomic E-state index is 5.71. The van der Waals surface area contributed by atoms with Crippen LogP contribution in [-0.2, 0) is 0 Å². The van der Waals surface area contributed by atoms with Crippen molar-refractivity contribution in [2.24, 2.45) is 0 Å². The summed E-state index contributed by atoms with van der Waals surface area (Å²) in [6, 6.07) is 14.9. The highest BCUT2D eigenvalue weighted by Gasteiger charge is 2.49. The van der Waals surface area contributed by atoms with E-state index in [0.29, 0.717) is 23.0 Å². The summed E-state index contributed by atoms with van der Waals surface area (Å²) in [5.41, 5.74) is 0. The lowest BCUT2D eigenvalue weighted by Gasteiger charge is -2.28. The Bertz CT molecular complexity index is 492. The van der Waals surface area contributed by atoms with Crippen LogP contribution in [-0.4, -0.2) is 9.05 Å². The third kappa shape index (κ3) is 1.23. The van der Waals surface area contributed by atoms with Crippen LogP contribution in [0.5, 0.6) is 23.0 Å². The number of para-hydroxylation sites is 4. The SMILES string of the molecule is c1ccc2c(c1)O[Si-]1(O2)Oc2ccccc2O1. The Labute approximate surface area is 98.8 Å². The Morgan fingerprint density at radius 2 is 0.824 bits per heavy atom. The zero-order valence-corrected chi connectivity index (χ0v) is 9.75. The molecule has 4 rings (SSSR count). The average Bonchev–Trinajstić information content (AvgIpc) is 2.87. The molecule has 5 heteroatoms. The molecule has 2 aliphatic heterocycles. The van der Waals surface area contributed by atoms with Crippen molar-refractivity contribution in [2.75, 3.05) is 0 Å². The van der Waals surface area contributed by atoms with Gasteiger partial charge >= 0.3 is 9.05 Å². The highest BCUT2D eigenvalue weighted by molar-refractivity contribution is 6.59. The second kappa shape index (κ2) is 2.95. The lowest BCUT2D eigenvalue weighted by atomic mass is 10.3. The van der Waals surface area contributed by atoms with E-state index in [1.54, 1.807) is 0 Å². The van der Waals surface area contributed by atoms with Crippen molar-refractivity contribution in [1.82, 2.24) is 0 Å². The third-order valence-corrected chi connectivity index (χ3v) is 4.52. The van der Waals surface area contributed by atoms with Gasteiger partial charge in [-0.3, -0.25) is 0 Å². The third-order valence-electron chi connectivity index (χ3n) is 2.64. The number of hydrogen-bond acceptors (Lipinski definition) is 4. The minimum absolute atomic E-state index is 0.673. The summed E-state index contributed by atoms with van der Waals surface area (Å²) in [5, 5.41) is 0. The lowest BCUT2D eigenvalue weighted by Crippen LogP contribution is -2.54. The highest BCUT2D eigenvalue weighted by Crippen LogP contribution is 2.44. The summed E-state index contributed by atoms with van der Waals surface area (Å²) in [5.74, 6) is 2.69. The van der Waals surface area contributed by atoms with E-state index < -0.39 is 9.05 Å². The minimum Gasteiger partial charge on any atom is -0.600 e. The van der Waals surface area contributed by atoms with Gasteiger partial charge in [0.15, 0.2) is 0 Å². The molecular weight excluding hydrogens is 236 g/mol. The van der Waals surface area contributed by atoms with E-state index in [-0.39, 0.29) is 0 Å². The van der Waals surface area contributed by atoms with Crippen molar-refractivity contribution in [3.63, 3.8) is 0 Å². The molecule has 0 unspecified atom stereocenters. The van der Waals surface area contributed by atoms with E-state index in [1.165, 1.54) is 0 Å². The number of rotatable bonds is 0. The van der Waals surface area contributed by atoms with Crippen LogP contribution < -0.4 is 17.7 Å². The molecule has 2 aromatic carbocycles. The second-order valence-corrected chi connectivity index (χ2v) is 5.62. The minimum atomic E-state index is -3.08. The molecule has 17 heavy (non-hydrogen) atoms. The predicted octanol–water partition coefficient (Wildman–Crippen LogP) is 2.36. The second-order valence-electron chi connectivity index (χ2n) is 3.80. The predicted molar refractivity (Wildman–Crippen MR) is 61.2 cm³/mol. The summed E-state index contributed by atoms with van der Waals surface area (Å²) in [4.78, 5) is 0. The van der Waals surface area contributed by atoms with Gasteiger partial charge in [-0.2, -0.15) is 0 Å². The monoisotopic (exact) mass is 244 g/mol. The van der Waals surface area contributed by atoms with Crippen molar-refractivity contribution in [3.8, 4) is 23.0 Å². The van der Waals surface area contributed by atoms with Crippen molar-refractivity contribution in [3.05, 3.63) is 48.5 Å². The van der Waals surface area contributed by atoms with Crippen molar-refractivity contribution in [1.29, 1.82) is 0 Å². The number of hydrogen-bond donors (Lipinski definition) is 0. The Hall–Kier alpha value is -2.14. The van der Waals surface area contributed by atoms with Gasteiger partial charge in [0.1, 0.15) is 23.0 Å². The van der Waals surface area contributed by atoms with Crippen LogP contribution in [0.2, 0.25) is 0 Å². The molecule has 0 N–H and O–H groups in total. The fraction of sp³-hybridized carbons (Fsp3) is 0. The number of fused-ring (bicyclic) bond motifs is 2. The standard InChI is InChI=1S/C12H8O4Si/c1-2-6-10-9(5-1)13-17(14-10)15-11-7-3-4-8-12(11)16-17/h1-8H/q-1. The Morgan fingerprint density at radius 1 is 0.529 bits per heavy atom. The van der Waals surface area contributed by atoms with Gasteiger partial charge in [-0.1, -0.05) is 24.3 Å². The maximum Gasteiger partial charge on any atom is 0.730 e. The van der Waals surface area contributed by atoms with E-state index in [9.17, 15) is 0 Å². The number of benzene rings is 2. The van der Waals surface area contributed by atoms with Crippen LogP contribution in [0, 0.1) is 0 Å². The van der Waals surface area contributed by atoms with Gasteiger partial charge in [0, 0.05) is 0 Å². The topological polar surface area (TPSA) is 36.9 Å². The van der Waals surface area contributed by atoms with Gasteiger partial charge in [-0.15, -0.1) is 0 Å². The average molecular weight is 244 g/mol. The molecule has 0 radical (unpaired) electrons. The van der Waals surface area contributed by atoms with Crippen LogP contribution in [0.3, 0.4) is 0 Å². The summed E-state index contributed by atoms with van der Waals surface area (Å²) in [6.45, 7) is 0. The molecule has 0 bridgehead atoms.